The molecule has 31 heavy (non-hydrogen) atoms. The van der Waals surface area contributed by atoms with E-state index >= 15 is 0 Å². The van der Waals surface area contributed by atoms with Crippen molar-refractivity contribution < 1.29 is 14.1 Å². The molecule has 1 aliphatic carbocycles. The molecule has 0 atom stereocenters. The van der Waals surface area contributed by atoms with Crippen molar-refractivity contribution in [2.75, 3.05) is 31.6 Å². The van der Waals surface area contributed by atoms with Gasteiger partial charge >= 0.3 is 0 Å². The lowest BCUT2D eigenvalue weighted by atomic mass is 9.95. The lowest BCUT2D eigenvalue weighted by Crippen LogP contribution is -2.40. The number of ether oxygens (including phenoxy) is 1. The van der Waals surface area contributed by atoms with E-state index in [2.05, 4.69) is 22.4 Å². The molecule has 0 radical (unpaired) electrons. The Bertz CT molecular complexity index is 971. The molecule has 8 nitrogen and oxygen atoms in total. The van der Waals surface area contributed by atoms with E-state index in [0.29, 0.717) is 31.3 Å². The van der Waals surface area contributed by atoms with E-state index in [1.54, 1.807) is 0 Å². The van der Waals surface area contributed by atoms with Gasteiger partial charge in [0, 0.05) is 48.5 Å². The first-order chi connectivity index (χ1) is 15.0. The van der Waals surface area contributed by atoms with Gasteiger partial charge in [-0.3, -0.25) is 4.79 Å². The van der Waals surface area contributed by atoms with Gasteiger partial charge in [-0.15, -0.1) is 0 Å². The molecule has 2 N–H and O–H groups in total. The van der Waals surface area contributed by atoms with E-state index in [-0.39, 0.29) is 23.3 Å². The lowest BCUT2D eigenvalue weighted by Gasteiger charge is -2.31. The molecule has 3 aliphatic rings. The van der Waals surface area contributed by atoms with Crippen LogP contribution in [0, 0.1) is 10.8 Å². The van der Waals surface area contributed by atoms with E-state index < -0.39 is 0 Å². The number of anilines is 1. The van der Waals surface area contributed by atoms with Crippen LogP contribution in [0.2, 0.25) is 0 Å². The fraction of sp³-hybridized carbons (Fsp3) is 0.565. The van der Waals surface area contributed by atoms with Gasteiger partial charge in [-0.1, -0.05) is 24.2 Å². The topological polar surface area (TPSA) is 104 Å². The number of rotatable bonds is 7. The minimum atomic E-state index is 0.187. The number of likely N-dealkylation sites (tertiary alicyclic amines) is 1. The Morgan fingerprint density at radius 3 is 2.74 bits per heavy atom. The van der Waals surface area contributed by atoms with Gasteiger partial charge < -0.3 is 24.9 Å². The third-order valence-electron chi connectivity index (χ3n) is 6.78. The molecule has 1 aromatic heterocycles. The molecule has 0 bridgehead atoms. The monoisotopic (exact) mass is 423 g/mol. The molecule has 0 unspecified atom stereocenters. The Kier molecular flexibility index (Phi) is 5.25. The largest absolute Gasteiger partial charge is 0.377 e. The molecule has 2 aliphatic heterocycles. The Labute approximate surface area is 181 Å². The molecule has 3 fully saturated rings. The fourth-order valence-corrected chi connectivity index (χ4v) is 4.25. The Morgan fingerprint density at radius 1 is 1.32 bits per heavy atom. The minimum absolute atomic E-state index is 0.187. The highest BCUT2D eigenvalue weighted by atomic mass is 16.5. The molecule has 164 valence electrons. The van der Waals surface area contributed by atoms with Crippen molar-refractivity contribution in [1.29, 1.82) is 5.41 Å². The maximum Gasteiger partial charge on any atom is 0.230 e. The highest BCUT2D eigenvalue weighted by Crippen LogP contribution is 2.48. The zero-order valence-electron chi connectivity index (χ0n) is 17.9. The predicted octanol–water partition coefficient (Wildman–Crippen LogP) is 3.44. The number of carbonyl (C=O) groups is 1. The van der Waals surface area contributed by atoms with E-state index in [1.807, 2.05) is 23.1 Å². The van der Waals surface area contributed by atoms with Crippen molar-refractivity contribution in [3.05, 3.63) is 29.7 Å². The molecule has 0 spiro atoms. The highest BCUT2D eigenvalue weighted by Gasteiger charge is 2.40. The number of aromatic nitrogens is 2. The van der Waals surface area contributed by atoms with Crippen LogP contribution in [0.15, 0.2) is 22.7 Å². The SMILES string of the molecule is CC1(CC(=O)N2CCC(c3nc(-c4ccc(C=N)c(NC5COC5)c4)no3)CC2)CC1. The van der Waals surface area contributed by atoms with Gasteiger partial charge in [-0.2, -0.15) is 4.98 Å². The average molecular weight is 424 g/mol. The van der Waals surface area contributed by atoms with E-state index in [1.165, 1.54) is 19.1 Å². The minimum Gasteiger partial charge on any atom is -0.377 e. The van der Waals surface area contributed by atoms with Gasteiger partial charge in [0.25, 0.3) is 0 Å². The Morgan fingerprint density at radius 2 is 2.10 bits per heavy atom. The number of carbonyl (C=O) groups excluding carboxylic acids is 1. The van der Waals surface area contributed by atoms with Gasteiger partial charge in [0.1, 0.15) is 0 Å². The molecule has 1 aromatic carbocycles. The quantitative estimate of drug-likeness (QED) is 0.661. The molecule has 8 heteroatoms. The fourth-order valence-electron chi connectivity index (χ4n) is 4.25. The summed E-state index contributed by atoms with van der Waals surface area (Å²) in [6.45, 7) is 5.06. The summed E-state index contributed by atoms with van der Waals surface area (Å²) in [5.74, 6) is 1.68. The zero-order chi connectivity index (χ0) is 21.4. The molecule has 2 saturated heterocycles. The summed E-state index contributed by atoms with van der Waals surface area (Å²) in [6, 6.07) is 6.04. The number of nitrogens with one attached hydrogen (secondary N) is 2. The molecule has 2 aromatic rings. The molecular weight excluding hydrogens is 394 g/mol. The summed E-state index contributed by atoms with van der Waals surface area (Å²) < 4.78 is 10.8. The van der Waals surface area contributed by atoms with Crippen molar-refractivity contribution in [1.82, 2.24) is 15.0 Å². The van der Waals surface area contributed by atoms with Crippen molar-refractivity contribution in [3.63, 3.8) is 0 Å². The maximum atomic E-state index is 12.5. The van der Waals surface area contributed by atoms with Crippen molar-refractivity contribution in [2.45, 2.75) is 51.0 Å². The first kappa shape index (κ1) is 20.2. The summed E-state index contributed by atoms with van der Waals surface area (Å²) in [5.41, 5.74) is 2.80. The number of benzene rings is 1. The lowest BCUT2D eigenvalue weighted by molar-refractivity contribution is -0.133. The molecule has 1 amide bonds. The molecule has 1 saturated carbocycles. The Balaban J connectivity index is 1.23. The number of amides is 1. The number of hydrogen-bond acceptors (Lipinski definition) is 7. The van der Waals surface area contributed by atoms with Crippen LogP contribution in [0.25, 0.3) is 11.4 Å². The van der Waals surface area contributed by atoms with Gasteiger partial charge in [0.05, 0.1) is 19.3 Å². The second kappa shape index (κ2) is 8.07. The van der Waals surface area contributed by atoms with Crippen LogP contribution in [0.1, 0.15) is 56.4 Å². The normalized spacial score (nSPS) is 20.9. The van der Waals surface area contributed by atoms with Crippen LogP contribution in [0.3, 0.4) is 0 Å². The van der Waals surface area contributed by atoms with Crippen LogP contribution in [0.5, 0.6) is 0 Å². The first-order valence-electron chi connectivity index (χ1n) is 11.1. The summed E-state index contributed by atoms with van der Waals surface area (Å²) in [6.07, 6.45) is 6.07. The van der Waals surface area contributed by atoms with Crippen LogP contribution >= 0.6 is 0 Å². The summed E-state index contributed by atoms with van der Waals surface area (Å²) in [4.78, 5) is 19.2. The van der Waals surface area contributed by atoms with E-state index in [4.69, 9.17) is 14.7 Å². The molecular formula is C23H29N5O3. The van der Waals surface area contributed by atoms with Gasteiger partial charge in [-0.25, -0.2) is 0 Å². The first-order valence-corrected chi connectivity index (χ1v) is 11.1. The van der Waals surface area contributed by atoms with Crippen LogP contribution in [-0.2, 0) is 9.53 Å². The second-order valence-electron chi connectivity index (χ2n) is 9.42. The summed E-state index contributed by atoms with van der Waals surface area (Å²) in [7, 11) is 0. The second-order valence-corrected chi connectivity index (χ2v) is 9.42. The third kappa shape index (κ3) is 4.35. The number of piperidine rings is 1. The zero-order valence-corrected chi connectivity index (χ0v) is 17.9. The van der Waals surface area contributed by atoms with Crippen molar-refractivity contribution in [2.24, 2.45) is 5.41 Å². The van der Waals surface area contributed by atoms with Gasteiger partial charge in [0.15, 0.2) is 0 Å². The highest BCUT2D eigenvalue weighted by molar-refractivity contribution is 5.87. The average Bonchev–Trinajstić information content (AvgIpc) is 3.27. The molecule has 5 rings (SSSR count). The van der Waals surface area contributed by atoms with Gasteiger partial charge in [0.2, 0.25) is 17.6 Å². The summed E-state index contributed by atoms with van der Waals surface area (Å²) >= 11 is 0. The van der Waals surface area contributed by atoms with Crippen LogP contribution in [-0.4, -0.2) is 59.5 Å². The molecule has 3 heterocycles. The van der Waals surface area contributed by atoms with E-state index in [0.717, 1.165) is 42.7 Å². The maximum absolute atomic E-state index is 12.5. The number of nitrogens with zero attached hydrogens (tertiary/aromatic N) is 3. The Hall–Kier alpha value is -2.74. The smallest absolute Gasteiger partial charge is 0.230 e. The van der Waals surface area contributed by atoms with Crippen molar-refractivity contribution in [3.8, 4) is 11.4 Å². The summed E-state index contributed by atoms with van der Waals surface area (Å²) in [5, 5.41) is 15.3. The van der Waals surface area contributed by atoms with E-state index in [9.17, 15) is 4.79 Å². The van der Waals surface area contributed by atoms with Crippen LogP contribution in [0.4, 0.5) is 5.69 Å². The predicted molar refractivity (Wildman–Crippen MR) is 116 cm³/mol. The van der Waals surface area contributed by atoms with Crippen molar-refractivity contribution >= 4 is 17.8 Å². The third-order valence-corrected chi connectivity index (χ3v) is 6.78. The standard InChI is InChI=1S/C23H29N5O3/c1-23(6-7-23)11-20(29)28-8-4-15(5-9-28)22-26-21(27-31-22)16-2-3-17(12-24)19(10-16)25-18-13-30-14-18/h2-3,10,12,15,18,24-25H,4-9,11,13-14H2,1H3. The van der Waals surface area contributed by atoms with Crippen LogP contribution < -0.4 is 5.32 Å². The van der Waals surface area contributed by atoms with Gasteiger partial charge in [-0.05, 0) is 37.2 Å². The number of hydrogen-bond donors (Lipinski definition) is 2.